The molecule has 0 unspecified atom stereocenters. The van der Waals surface area contributed by atoms with Gasteiger partial charge < -0.3 is 10.5 Å². The highest BCUT2D eigenvalue weighted by Gasteiger charge is 2.22. The Bertz CT molecular complexity index is 723. The van der Waals surface area contributed by atoms with Gasteiger partial charge in [-0.3, -0.25) is 4.99 Å². The molecule has 107 valence electrons. The summed E-state index contributed by atoms with van der Waals surface area (Å²) in [6, 6.07) is 7.81. The first-order valence-corrected chi connectivity index (χ1v) is 7.42. The zero-order valence-electron chi connectivity index (χ0n) is 13.4. The monoisotopic (exact) mass is 296 g/mol. The first-order valence-electron chi connectivity index (χ1n) is 7.42. The molecule has 0 saturated heterocycles. The molecule has 0 bridgehead atoms. The summed E-state index contributed by atoms with van der Waals surface area (Å²) in [7, 11) is 17.7. The van der Waals surface area contributed by atoms with Gasteiger partial charge in [0.05, 0.1) is 11.1 Å². The lowest BCUT2D eigenvalue weighted by atomic mass is 8.97. The van der Waals surface area contributed by atoms with E-state index < -0.39 is 6.39 Å². The highest BCUT2D eigenvalue weighted by atomic mass is 16.5. The summed E-state index contributed by atoms with van der Waals surface area (Å²) in [6.07, 6.45) is 1.88. The normalized spacial score (nSPS) is 13.6. The number of hydrogen-bond acceptors (Lipinski definition) is 3. The molecule has 3 rings (SSSR count). The van der Waals surface area contributed by atoms with Crippen LogP contribution in [0, 0.1) is 5.21 Å². The van der Waals surface area contributed by atoms with Crippen LogP contribution in [-0.4, -0.2) is 55.5 Å². The van der Waals surface area contributed by atoms with Crippen molar-refractivity contribution >= 4 is 59.0 Å². The summed E-state index contributed by atoms with van der Waals surface area (Å²) < 4.78 is 0.912. The number of benzene rings is 1. The lowest BCUT2D eigenvalue weighted by Crippen LogP contribution is -2.30. The van der Waals surface area contributed by atoms with E-state index in [2.05, 4.69) is 17.2 Å². The van der Waals surface area contributed by atoms with Crippen LogP contribution in [0.4, 0.5) is 5.69 Å². The molecule has 0 aliphatic carbocycles. The van der Waals surface area contributed by atoms with Gasteiger partial charge in [-0.2, -0.15) is 4.73 Å². The molecular formula is C14H15B5N3O. The summed E-state index contributed by atoms with van der Waals surface area (Å²) >= 11 is 0. The lowest BCUT2D eigenvalue weighted by molar-refractivity contribution is -0.577. The van der Waals surface area contributed by atoms with E-state index >= 15 is 0 Å². The van der Waals surface area contributed by atoms with Gasteiger partial charge in [0.15, 0.2) is 6.20 Å². The van der Waals surface area contributed by atoms with E-state index in [1.165, 1.54) is 13.3 Å². The molecule has 1 atom stereocenters. The van der Waals surface area contributed by atoms with Crippen molar-refractivity contribution < 1.29 is 4.73 Å². The van der Waals surface area contributed by atoms with Crippen LogP contribution in [0.3, 0.4) is 0 Å². The fourth-order valence-corrected chi connectivity index (χ4v) is 2.40. The quantitative estimate of drug-likeness (QED) is 0.485. The molecule has 1 N–H and O–H groups in total. The maximum Gasteiger partial charge on any atom is 0.224 e. The van der Waals surface area contributed by atoms with Gasteiger partial charge >= 0.3 is 0 Å². The highest BCUT2D eigenvalue weighted by molar-refractivity contribution is 7.60. The maximum atomic E-state index is 11.7. The average molecular weight is 295 g/mol. The van der Waals surface area contributed by atoms with Crippen molar-refractivity contribution in [3.8, 4) is 0 Å². The summed E-state index contributed by atoms with van der Waals surface area (Å²) in [4.78, 5) is 4.65. The first-order chi connectivity index (χ1) is 11.0. The van der Waals surface area contributed by atoms with E-state index in [4.69, 9.17) is 23.2 Å². The van der Waals surface area contributed by atoms with Crippen molar-refractivity contribution in [2.75, 3.05) is 7.05 Å². The molecule has 2 aromatic rings. The number of nitrogens with zero attached hydrogens (tertiary/aromatic N) is 2. The molecule has 1 aromatic carbocycles. The maximum absolute atomic E-state index is 11.7. The van der Waals surface area contributed by atoms with Crippen LogP contribution in [0.2, 0.25) is 0 Å². The highest BCUT2D eigenvalue weighted by Crippen LogP contribution is 2.32. The second-order valence-electron chi connectivity index (χ2n) is 5.39. The average Bonchev–Trinajstić information content (AvgIpc) is 2.99. The van der Waals surface area contributed by atoms with Gasteiger partial charge in [0.2, 0.25) is 5.52 Å². The van der Waals surface area contributed by atoms with Crippen LogP contribution in [0.5, 0.6) is 0 Å². The molecule has 4 nitrogen and oxygen atoms in total. The molecule has 0 spiro atoms. The molecule has 9 heteroatoms. The van der Waals surface area contributed by atoms with Crippen LogP contribution in [0.1, 0.15) is 12.5 Å². The molecule has 0 amide bonds. The van der Waals surface area contributed by atoms with E-state index in [1.807, 2.05) is 25.2 Å². The second kappa shape index (κ2) is 7.78. The van der Waals surface area contributed by atoms with Crippen LogP contribution < -0.4 is 10.0 Å². The van der Waals surface area contributed by atoms with Crippen molar-refractivity contribution in [1.82, 2.24) is 5.32 Å². The Kier molecular flexibility index (Phi) is 6.00. The predicted molar refractivity (Wildman–Crippen MR) is 101 cm³/mol. The van der Waals surface area contributed by atoms with Crippen LogP contribution in [0.15, 0.2) is 35.5 Å². The van der Waals surface area contributed by atoms with Gasteiger partial charge in [-0.1, -0.05) is 0 Å². The van der Waals surface area contributed by atoms with Crippen molar-refractivity contribution in [1.29, 1.82) is 0 Å². The molecule has 23 heavy (non-hydrogen) atoms. The summed E-state index contributed by atoms with van der Waals surface area (Å²) in [5.41, 5.74) is 3.99. The predicted octanol–water partition coefficient (Wildman–Crippen LogP) is -0.194. The van der Waals surface area contributed by atoms with E-state index in [1.54, 1.807) is 6.07 Å². The smallest absolute Gasteiger partial charge is 0.224 e. The Labute approximate surface area is 142 Å². The molecule has 0 fully saturated rings. The number of hydrogen-bond donors (Lipinski definition) is 1. The van der Waals surface area contributed by atoms with Crippen LogP contribution in [-0.2, 0) is 6.42 Å². The van der Waals surface area contributed by atoms with Crippen LogP contribution in [0.25, 0.3) is 10.9 Å². The SMILES string of the molecule is CN[C@H](C)C1=Nc2ccc3c(ccc[n+]3[O-])c2C1.[B][B]B([B])[B]. The minimum Gasteiger partial charge on any atom is -0.618 e. The molecular weight excluding hydrogens is 280 g/mol. The first kappa shape index (κ1) is 17.7. The van der Waals surface area contributed by atoms with Gasteiger partial charge in [0, 0.05) is 67.0 Å². The number of pyridine rings is 1. The van der Waals surface area contributed by atoms with Crippen molar-refractivity contribution in [2.24, 2.45) is 4.99 Å². The van der Waals surface area contributed by atoms with Crippen molar-refractivity contribution in [2.45, 2.75) is 19.4 Å². The minimum absolute atomic E-state index is 0.260. The molecule has 1 aromatic heterocycles. The Morgan fingerprint density at radius 3 is 2.70 bits per heavy atom. The van der Waals surface area contributed by atoms with Gasteiger partial charge in [0.1, 0.15) is 0 Å². The van der Waals surface area contributed by atoms with E-state index in [9.17, 15) is 5.21 Å². The number of aliphatic imine (C=N–C) groups is 1. The molecule has 1 aliphatic rings. The van der Waals surface area contributed by atoms with Crippen molar-refractivity contribution in [3.05, 3.63) is 41.2 Å². The Balaban J connectivity index is 0.000000338. The zero-order valence-corrected chi connectivity index (χ0v) is 13.4. The fourth-order valence-electron chi connectivity index (χ4n) is 2.40. The van der Waals surface area contributed by atoms with Gasteiger partial charge in [-0.25, -0.2) is 0 Å². The fraction of sp³-hybridized carbons (Fsp3) is 0.286. The van der Waals surface area contributed by atoms with Crippen LogP contribution >= 0.6 is 0 Å². The third-order valence-corrected chi connectivity index (χ3v) is 3.81. The number of aromatic nitrogens is 1. The number of rotatable bonds is 3. The largest absolute Gasteiger partial charge is 0.618 e. The topological polar surface area (TPSA) is 51.3 Å². The van der Waals surface area contributed by atoms with Gasteiger partial charge in [-0.15, -0.1) is 0 Å². The standard InChI is InChI=1S/C14H15N3O.B5/c1-9(15-2)13-8-11-10-4-3-7-17(18)14(10)6-5-12(11)16-13;1-4-5(2)3/h3-7,9,15H,8H2,1-2H3;/t9-;/m1./s1. The van der Waals surface area contributed by atoms with E-state index in [-0.39, 0.29) is 6.04 Å². The zero-order chi connectivity index (χ0) is 17.0. The van der Waals surface area contributed by atoms with E-state index in [0.29, 0.717) is 5.52 Å². The van der Waals surface area contributed by atoms with Gasteiger partial charge in [-0.05, 0) is 31.7 Å². The van der Waals surface area contributed by atoms with E-state index in [0.717, 1.165) is 33.5 Å². The Hall–Kier alpha value is -1.62. The molecule has 0 saturated carbocycles. The van der Waals surface area contributed by atoms with Gasteiger partial charge in [0.25, 0.3) is 0 Å². The Morgan fingerprint density at radius 1 is 1.39 bits per heavy atom. The second-order valence-corrected chi connectivity index (χ2v) is 5.39. The van der Waals surface area contributed by atoms with Crippen molar-refractivity contribution in [3.63, 3.8) is 0 Å². The summed E-state index contributed by atoms with van der Waals surface area (Å²) in [5.74, 6) is 0. The summed E-state index contributed by atoms with van der Waals surface area (Å²) in [6.45, 7) is 2.10. The number of nitrogens with one attached hydrogen (secondary N) is 1. The Morgan fingerprint density at radius 2 is 2.09 bits per heavy atom. The third kappa shape index (κ3) is 4.02. The summed E-state index contributed by atoms with van der Waals surface area (Å²) in [5, 5.41) is 15.9. The molecule has 7 radical (unpaired) electrons. The minimum atomic E-state index is -0.463. The third-order valence-electron chi connectivity index (χ3n) is 3.81. The molecule has 2 heterocycles. The lowest BCUT2D eigenvalue weighted by Gasteiger charge is -2.09. The molecule has 1 aliphatic heterocycles. The number of fused-ring (bicyclic) bond motifs is 3.